The molecule has 1 aromatic carbocycles. The molecule has 2 amide bonds. The van der Waals surface area contributed by atoms with E-state index in [4.69, 9.17) is 0 Å². The molecule has 5 heteroatoms. The van der Waals surface area contributed by atoms with Gasteiger partial charge in [0, 0.05) is 18.3 Å². The Labute approximate surface area is 95.0 Å². The largest absolute Gasteiger partial charge is 0.274 e. The van der Waals surface area contributed by atoms with Crippen molar-refractivity contribution < 1.29 is 14.0 Å². The van der Waals surface area contributed by atoms with E-state index >= 15 is 0 Å². The first-order valence-corrected chi connectivity index (χ1v) is 4.99. The van der Waals surface area contributed by atoms with Crippen LogP contribution >= 0.6 is 15.9 Å². The summed E-state index contributed by atoms with van der Waals surface area (Å²) in [5.41, 5.74) is -0.0440. The standard InChI is InChI=1S/C10H9BrFNO2/c1-6(14)13(7(2)15)10-8(11)4-3-5-9(10)12/h3-5H,1-2H3. The summed E-state index contributed by atoms with van der Waals surface area (Å²) >= 11 is 3.10. The number of hydrogen-bond acceptors (Lipinski definition) is 2. The second-order valence-electron chi connectivity index (χ2n) is 2.94. The lowest BCUT2D eigenvalue weighted by molar-refractivity contribution is -0.124. The summed E-state index contributed by atoms with van der Waals surface area (Å²) in [7, 11) is 0. The topological polar surface area (TPSA) is 37.4 Å². The third-order valence-corrected chi connectivity index (χ3v) is 2.43. The number of benzene rings is 1. The van der Waals surface area contributed by atoms with Crippen LogP contribution in [-0.2, 0) is 9.59 Å². The molecule has 0 spiro atoms. The number of nitrogens with zero attached hydrogens (tertiary/aromatic N) is 1. The van der Waals surface area contributed by atoms with Gasteiger partial charge in [0.05, 0.1) is 0 Å². The quantitative estimate of drug-likeness (QED) is 0.789. The maximum atomic E-state index is 13.4. The van der Waals surface area contributed by atoms with E-state index in [-0.39, 0.29) is 5.69 Å². The molecule has 0 radical (unpaired) electrons. The molecule has 0 bridgehead atoms. The molecule has 0 aromatic heterocycles. The zero-order valence-electron chi connectivity index (χ0n) is 8.25. The van der Waals surface area contributed by atoms with Crippen LogP contribution in [-0.4, -0.2) is 11.8 Å². The van der Waals surface area contributed by atoms with Gasteiger partial charge in [-0.05, 0) is 28.1 Å². The van der Waals surface area contributed by atoms with Crippen LogP contribution in [0, 0.1) is 5.82 Å². The molecule has 0 N–H and O–H groups in total. The zero-order valence-corrected chi connectivity index (χ0v) is 9.84. The van der Waals surface area contributed by atoms with Gasteiger partial charge in [-0.3, -0.25) is 9.59 Å². The van der Waals surface area contributed by atoms with E-state index < -0.39 is 17.6 Å². The van der Waals surface area contributed by atoms with Crippen molar-refractivity contribution in [3.63, 3.8) is 0 Å². The highest BCUT2D eigenvalue weighted by Gasteiger charge is 2.22. The second kappa shape index (κ2) is 4.53. The van der Waals surface area contributed by atoms with E-state index in [1.54, 1.807) is 6.07 Å². The molecule has 0 fully saturated rings. The van der Waals surface area contributed by atoms with E-state index in [1.165, 1.54) is 26.0 Å². The van der Waals surface area contributed by atoms with Crippen LogP contribution in [0.15, 0.2) is 22.7 Å². The molecular weight excluding hydrogens is 265 g/mol. The molecule has 0 atom stereocenters. The minimum atomic E-state index is -0.616. The minimum Gasteiger partial charge on any atom is -0.274 e. The minimum absolute atomic E-state index is 0.0440. The number of halogens is 2. The molecule has 0 aliphatic heterocycles. The molecule has 1 aromatic rings. The molecule has 0 aliphatic carbocycles. The Morgan fingerprint density at radius 3 is 2.20 bits per heavy atom. The highest BCUT2D eigenvalue weighted by Crippen LogP contribution is 2.29. The summed E-state index contributed by atoms with van der Waals surface area (Å²) in [6, 6.07) is 4.25. The van der Waals surface area contributed by atoms with Crippen molar-refractivity contribution in [2.24, 2.45) is 0 Å². The van der Waals surface area contributed by atoms with Crippen molar-refractivity contribution in [1.82, 2.24) is 0 Å². The molecule has 3 nitrogen and oxygen atoms in total. The van der Waals surface area contributed by atoms with Crippen LogP contribution in [0.1, 0.15) is 13.8 Å². The first-order valence-electron chi connectivity index (χ1n) is 4.20. The Morgan fingerprint density at radius 1 is 1.27 bits per heavy atom. The number of rotatable bonds is 1. The molecule has 80 valence electrons. The first kappa shape index (κ1) is 11.8. The van der Waals surface area contributed by atoms with Gasteiger partial charge in [0.15, 0.2) is 0 Å². The SMILES string of the molecule is CC(=O)N(C(C)=O)c1c(F)cccc1Br. The summed E-state index contributed by atoms with van der Waals surface area (Å²) in [5, 5.41) is 0. The van der Waals surface area contributed by atoms with Gasteiger partial charge < -0.3 is 0 Å². The Morgan fingerprint density at radius 2 is 1.80 bits per heavy atom. The third kappa shape index (κ3) is 2.41. The van der Waals surface area contributed by atoms with Crippen LogP contribution in [0.4, 0.5) is 10.1 Å². The summed E-state index contributed by atoms with van der Waals surface area (Å²) in [5.74, 6) is -1.66. The zero-order chi connectivity index (χ0) is 11.6. The predicted molar refractivity (Wildman–Crippen MR) is 57.9 cm³/mol. The van der Waals surface area contributed by atoms with Gasteiger partial charge in [0.1, 0.15) is 11.5 Å². The third-order valence-electron chi connectivity index (χ3n) is 1.79. The van der Waals surface area contributed by atoms with Gasteiger partial charge >= 0.3 is 0 Å². The van der Waals surface area contributed by atoms with Gasteiger partial charge in [0.2, 0.25) is 11.8 Å². The molecular formula is C10H9BrFNO2. The summed E-state index contributed by atoms with van der Waals surface area (Å²) < 4.78 is 13.8. The van der Waals surface area contributed by atoms with Gasteiger partial charge in [0.25, 0.3) is 0 Å². The Bertz CT molecular complexity index is 386. The Balaban J connectivity index is 3.35. The summed E-state index contributed by atoms with van der Waals surface area (Å²) in [6.07, 6.45) is 0. The van der Waals surface area contributed by atoms with Crippen molar-refractivity contribution in [2.75, 3.05) is 4.90 Å². The number of anilines is 1. The van der Waals surface area contributed by atoms with E-state index in [2.05, 4.69) is 15.9 Å². The average molecular weight is 274 g/mol. The summed E-state index contributed by atoms with van der Waals surface area (Å²) in [4.78, 5) is 23.2. The number of amides is 2. The van der Waals surface area contributed by atoms with E-state index in [1.807, 2.05) is 0 Å². The van der Waals surface area contributed by atoms with E-state index in [9.17, 15) is 14.0 Å². The maximum Gasteiger partial charge on any atom is 0.230 e. The molecule has 15 heavy (non-hydrogen) atoms. The van der Waals surface area contributed by atoms with Crippen molar-refractivity contribution in [3.8, 4) is 0 Å². The van der Waals surface area contributed by atoms with Crippen molar-refractivity contribution in [3.05, 3.63) is 28.5 Å². The number of para-hydroxylation sites is 1. The molecule has 0 aliphatic rings. The van der Waals surface area contributed by atoms with Gasteiger partial charge in [-0.2, -0.15) is 0 Å². The van der Waals surface area contributed by atoms with Crippen LogP contribution in [0.3, 0.4) is 0 Å². The molecule has 1 rings (SSSR count). The number of imide groups is 1. The monoisotopic (exact) mass is 273 g/mol. The van der Waals surface area contributed by atoms with E-state index in [0.29, 0.717) is 4.47 Å². The van der Waals surface area contributed by atoms with Gasteiger partial charge in [-0.1, -0.05) is 6.07 Å². The van der Waals surface area contributed by atoms with Crippen molar-refractivity contribution in [1.29, 1.82) is 0 Å². The molecule has 0 unspecified atom stereocenters. The second-order valence-corrected chi connectivity index (χ2v) is 3.80. The fourth-order valence-corrected chi connectivity index (χ4v) is 1.76. The summed E-state index contributed by atoms with van der Waals surface area (Å²) in [6.45, 7) is 2.42. The Kier molecular flexibility index (Phi) is 3.57. The van der Waals surface area contributed by atoms with Crippen LogP contribution in [0.2, 0.25) is 0 Å². The fourth-order valence-electron chi connectivity index (χ4n) is 1.24. The number of carbonyl (C=O) groups is 2. The first-order chi connectivity index (χ1) is 6.95. The van der Waals surface area contributed by atoms with Crippen LogP contribution < -0.4 is 4.90 Å². The number of carbonyl (C=O) groups excluding carboxylic acids is 2. The lowest BCUT2D eigenvalue weighted by atomic mass is 10.2. The van der Waals surface area contributed by atoms with Crippen LogP contribution in [0.5, 0.6) is 0 Å². The maximum absolute atomic E-state index is 13.4. The van der Waals surface area contributed by atoms with Gasteiger partial charge in [-0.25, -0.2) is 9.29 Å². The highest BCUT2D eigenvalue weighted by molar-refractivity contribution is 9.10. The van der Waals surface area contributed by atoms with Crippen molar-refractivity contribution >= 4 is 33.4 Å². The van der Waals surface area contributed by atoms with Crippen molar-refractivity contribution in [2.45, 2.75) is 13.8 Å². The molecule has 0 saturated carbocycles. The lowest BCUT2D eigenvalue weighted by Crippen LogP contribution is -2.34. The van der Waals surface area contributed by atoms with Gasteiger partial charge in [-0.15, -0.1) is 0 Å². The number of hydrogen-bond donors (Lipinski definition) is 0. The van der Waals surface area contributed by atoms with Crippen LogP contribution in [0.25, 0.3) is 0 Å². The molecule has 0 saturated heterocycles. The highest BCUT2D eigenvalue weighted by atomic mass is 79.9. The average Bonchev–Trinajstić information content (AvgIpc) is 2.09. The molecule has 0 heterocycles. The smallest absolute Gasteiger partial charge is 0.230 e. The normalized spacial score (nSPS) is 9.87. The van der Waals surface area contributed by atoms with E-state index in [0.717, 1.165) is 4.90 Å². The lowest BCUT2D eigenvalue weighted by Gasteiger charge is -2.19. The predicted octanol–water partition coefficient (Wildman–Crippen LogP) is 2.49. The Hall–Kier alpha value is -1.23. The fraction of sp³-hybridized carbons (Fsp3) is 0.200.